The molecule has 0 radical (unpaired) electrons. The van der Waals surface area contributed by atoms with Gasteiger partial charge < -0.3 is 5.11 Å². The average Bonchev–Trinajstić information content (AvgIpc) is 2.47. The minimum atomic E-state index is -0.187. The van der Waals surface area contributed by atoms with Gasteiger partial charge in [-0.15, -0.1) is 0 Å². The molecule has 2 aromatic carbocycles. The minimum Gasteiger partial charge on any atom is -0.506 e. The van der Waals surface area contributed by atoms with Gasteiger partial charge in [-0.25, -0.2) is 5.43 Å². The molecule has 0 aliphatic carbocycles. The fourth-order valence-corrected chi connectivity index (χ4v) is 4.00. The van der Waals surface area contributed by atoms with Crippen molar-refractivity contribution in [3.8, 4) is 5.75 Å². The number of phenols is 1. The molecule has 0 atom stereocenters. The summed E-state index contributed by atoms with van der Waals surface area (Å²) in [6.07, 6.45) is 1.73. The van der Waals surface area contributed by atoms with E-state index in [0.29, 0.717) is 5.56 Å². The normalized spacial score (nSPS) is 11.0. The van der Waals surface area contributed by atoms with E-state index in [1.807, 2.05) is 32.0 Å². The van der Waals surface area contributed by atoms with E-state index in [9.17, 15) is 9.90 Å². The number of phenolic OH excluding ortho intramolecular Hbond substituents is 1. The van der Waals surface area contributed by atoms with Crippen LogP contribution < -0.4 is 5.43 Å². The largest absolute Gasteiger partial charge is 0.506 e. The summed E-state index contributed by atoms with van der Waals surface area (Å²) in [7, 11) is 0. The van der Waals surface area contributed by atoms with Gasteiger partial charge in [0.05, 0.1) is 16.2 Å². The molecule has 120 valence electrons. The average molecular weight is 534 g/mol. The van der Waals surface area contributed by atoms with Gasteiger partial charge in [-0.2, -0.15) is 5.10 Å². The number of aryl methyl sites for hydroxylation is 2. The van der Waals surface area contributed by atoms with Crippen LogP contribution in [0.3, 0.4) is 0 Å². The van der Waals surface area contributed by atoms with Crippen LogP contribution >= 0.6 is 45.2 Å². The summed E-state index contributed by atoms with van der Waals surface area (Å²) in [4.78, 5) is 12.0. The standard InChI is InChI=1S/C17H16I2N2O2/c1-10-3-4-12(11(2)5-10)7-16(22)21-20-9-13-6-14(18)8-15(19)17(13)23/h3-6,8-9,23H,7H2,1-2H3,(H,21,22)/b20-9+. The van der Waals surface area contributed by atoms with Crippen molar-refractivity contribution in [2.24, 2.45) is 5.10 Å². The fourth-order valence-electron chi connectivity index (χ4n) is 2.11. The van der Waals surface area contributed by atoms with E-state index in [-0.39, 0.29) is 18.1 Å². The van der Waals surface area contributed by atoms with E-state index in [2.05, 4.69) is 61.8 Å². The highest BCUT2D eigenvalue weighted by atomic mass is 127. The number of carbonyl (C=O) groups is 1. The van der Waals surface area contributed by atoms with Crippen LogP contribution in [0.1, 0.15) is 22.3 Å². The SMILES string of the molecule is Cc1ccc(CC(=O)N/N=C/c2cc(I)cc(I)c2O)c(C)c1. The van der Waals surface area contributed by atoms with Crippen molar-refractivity contribution >= 4 is 57.3 Å². The maximum Gasteiger partial charge on any atom is 0.244 e. The van der Waals surface area contributed by atoms with Gasteiger partial charge in [0, 0.05) is 9.13 Å². The molecule has 6 heteroatoms. The smallest absolute Gasteiger partial charge is 0.244 e. The lowest BCUT2D eigenvalue weighted by molar-refractivity contribution is -0.120. The molecule has 0 heterocycles. The predicted octanol–water partition coefficient (Wildman–Crippen LogP) is 3.91. The highest BCUT2D eigenvalue weighted by Gasteiger charge is 2.07. The van der Waals surface area contributed by atoms with Crippen LogP contribution in [0.25, 0.3) is 0 Å². The van der Waals surface area contributed by atoms with Gasteiger partial charge in [-0.3, -0.25) is 4.79 Å². The molecule has 0 bridgehead atoms. The Morgan fingerprint density at radius 1 is 1.26 bits per heavy atom. The number of nitrogens with zero attached hydrogens (tertiary/aromatic N) is 1. The molecule has 0 unspecified atom stereocenters. The van der Waals surface area contributed by atoms with E-state index < -0.39 is 0 Å². The number of amides is 1. The van der Waals surface area contributed by atoms with Crippen molar-refractivity contribution in [1.82, 2.24) is 5.43 Å². The van der Waals surface area contributed by atoms with E-state index >= 15 is 0 Å². The van der Waals surface area contributed by atoms with Gasteiger partial charge in [-0.1, -0.05) is 23.8 Å². The summed E-state index contributed by atoms with van der Waals surface area (Å²) in [6.45, 7) is 4.01. The number of carbonyl (C=O) groups excluding carboxylic acids is 1. The number of hydrazone groups is 1. The molecule has 0 aromatic heterocycles. The first kappa shape index (κ1) is 18.2. The third kappa shape index (κ3) is 5.17. The molecule has 0 spiro atoms. The van der Waals surface area contributed by atoms with Crippen LogP contribution in [0, 0.1) is 21.0 Å². The van der Waals surface area contributed by atoms with Crippen LogP contribution in [-0.4, -0.2) is 17.2 Å². The Morgan fingerprint density at radius 3 is 2.70 bits per heavy atom. The van der Waals surface area contributed by atoms with Crippen molar-refractivity contribution in [1.29, 1.82) is 0 Å². The molecule has 0 saturated carbocycles. The first-order valence-electron chi connectivity index (χ1n) is 6.93. The first-order valence-corrected chi connectivity index (χ1v) is 9.08. The number of rotatable bonds is 4. The predicted molar refractivity (Wildman–Crippen MR) is 109 cm³/mol. The van der Waals surface area contributed by atoms with Gasteiger partial charge >= 0.3 is 0 Å². The van der Waals surface area contributed by atoms with Crippen LogP contribution in [0.5, 0.6) is 5.75 Å². The van der Waals surface area contributed by atoms with Gasteiger partial charge in [0.1, 0.15) is 5.75 Å². The third-order valence-electron chi connectivity index (χ3n) is 3.30. The number of halogens is 2. The Bertz CT molecular complexity index is 773. The van der Waals surface area contributed by atoms with Gasteiger partial charge in [0.2, 0.25) is 5.91 Å². The molecule has 2 rings (SSSR count). The maximum atomic E-state index is 12.0. The second-order valence-corrected chi connectivity index (χ2v) is 7.63. The van der Waals surface area contributed by atoms with Crippen molar-refractivity contribution in [3.05, 3.63) is 59.7 Å². The summed E-state index contributed by atoms with van der Waals surface area (Å²) in [5.74, 6) is -0.0218. The molecular weight excluding hydrogens is 518 g/mol. The second kappa shape index (κ2) is 8.09. The number of aromatic hydroxyl groups is 1. The molecule has 2 aromatic rings. The summed E-state index contributed by atoms with van der Waals surface area (Å²) in [5.41, 5.74) is 6.33. The molecular formula is C17H16I2N2O2. The molecule has 2 N–H and O–H groups in total. The number of benzene rings is 2. The Kier molecular flexibility index (Phi) is 6.40. The second-order valence-electron chi connectivity index (χ2n) is 5.23. The van der Waals surface area contributed by atoms with Crippen molar-refractivity contribution < 1.29 is 9.90 Å². The summed E-state index contributed by atoms with van der Waals surface area (Å²) < 4.78 is 1.74. The zero-order valence-electron chi connectivity index (χ0n) is 12.7. The fraction of sp³-hybridized carbons (Fsp3) is 0.176. The molecule has 1 amide bonds. The molecule has 0 aliphatic heterocycles. The Labute approximate surface area is 162 Å². The lowest BCUT2D eigenvalue weighted by Gasteiger charge is -2.06. The van der Waals surface area contributed by atoms with Crippen LogP contribution in [0.4, 0.5) is 0 Å². The molecule has 0 saturated heterocycles. The van der Waals surface area contributed by atoms with E-state index in [4.69, 9.17) is 0 Å². The van der Waals surface area contributed by atoms with Crippen LogP contribution in [0.15, 0.2) is 35.4 Å². The quantitative estimate of drug-likeness (QED) is 0.355. The summed E-state index contributed by atoms with van der Waals surface area (Å²) in [6, 6.07) is 9.68. The number of hydrogen-bond acceptors (Lipinski definition) is 3. The minimum absolute atomic E-state index is 0.165. The van der Waals surface area contributed by atoms with E-state index in [1.165, 1.54) is 11.8 Å². The van der Waals surface area contributed by atoms with Crippen LogP contribution in [0.2, 0.25) is 0 Å². The van der Waals surface area contributed by atoms with Crippen molar-refractivity contribution in [3.63, 3.8) is 0 Å². The van der Waals surface area contributed by atoms with Crippen molar-refractivity contribution in [2.45, 2.75) is 20.3 Å². The van der Waals surface area contributed by atoms with Gasteiger partial charge in [-0.05, 0) is 82.3 Å². The Morgan fingerprint density at radius 2 is 2.00 bits per heavy atom. The number of nitrogens with one attached hydrogen (secondary N) is 1. The lowest BCUT2D eigenvalue weighted by Crippen LogP contribution is -2.20. The highest BCUT2D eigenvalue weighted by Crippen LogP contribution is 2.25. The monoisotopic (exact) mass is 534 g/mol. The maximum absolute atomic E-state index is 12.0. The van der Waals surface area contributed by atoms with Gasteiger partial charge in [0.25, 0.3) is 0 Å². The summed E-state index contributed by atoms with van der Waals surface area (Å²) in [5, 5.41) is 13.9. The Hall–Kier alpha value is -1.16. The van der Waals surface area contributed by atoms with Crippen molar-refractivity contribution in [2.75, 3.05) is 0 Å². The zero-order valence-corrected chi connectivity index (χ0v) is 17.0. The first-order chi connectivity index (χ1) is 10.9. The molecule has 23 heavy (non-hydrogen) atoms. The lowest BCUT2D eigenvalue weighted by atomic mass is 10.0. The van der Waals surface area contributed by atoms with E-state index in [0.717, 1.165) is 18.3 Å². The third-order valence-corrected chi connectivity index (χ3v) is 4.74. The molecule has 4 nitrogen and oxygen atoms in total. The highest BCUT2D eigenvalue weighted by molar-refractivity contribution is 14.1. The number of hydrogen-bond donors (Lipinski definition) is 2. The topological polar surface area (TPSA) is 61.7 Å². The summed E-state index contributed by atoms with van der Waals surface area (Å²) >= 11 is 4.23. The zero-order chi connectivity index (χ0) is 17.0. The van der Waals surface area contributed by atoms with Gasteiger partial charge in [0.15, 0.2) is 0 Å². The Balaban J connectivity index is 2.02. The van der Waals surface area contributed by atoms with E-state index in [1.54, 1.807) is 6.07 Å². The molecule has 0 aliphatic rings. The molecule has 0 fully saturated rings. The van der Waals surface area contributed by atoms with Crippen LogP contribution in [-0.2, 0) is 11.2 Å².